The van der Waals surface area contributed by atoms with Crippen molar-refractivity contribution in [2.24, 2.45) is 5.41 Å². The number of carbonyl (C=O) groups excluding carboxylic acids is 2. The molecule has 2 aromatic carbocycles. The number of likely N-dealkylation sites (tertiary alicyclic amines) is 1. The van der Waals surface area contributed by atoms with E-state index >= 15 is 0 Å². The van der Waals surface area contributed by atoms with E-state index in [0.29, 0.717) is 73.4 Å². The maximum absolute atomic E-state index is 13.3. The second-order valence-corrected chi connectivity index (χ2v) is 10.3. The van der Waals surface area contributed by atoms with Gasteiger partial charge in [0.25, 0.3) is 5.91 Å². The Balaban J connectivity index is 1.45. The maximum Gasteiger partial charge on any atom is 0.253 e. The predicted octanol–water partition coefficient (Wildman–Crippen LogP) is 4.60. The van der Waals surface area contributed by atoms with Crippen molar-refractivity contribution in [3.05, 3.63) is 63.9 Å². The normalized spacial score (nSPS) is 18.4. The molecule has 4 rings (SSSR count). The predicted molar refractivity (Wildman–Crippen MR) is 135 cm³/mol. The van der Waals surface area contributed by atoms with E-state index in [1.165, 1.54) is 12.1 Å². The smallest absolute Gasteiger partial charge is 0.253 e. The number of halogens is 3. The lowest BCUT2D eigenvalue weighted by molar-refractivity contribution is -0.136. The molecule has 2 aliphatic heterocycles. The van der Waals surface area contributed by atoms with Crippen LogP contribution >= 0.6 is 23.2 Å². The molecule has 0 spiro atoms. The first-order chi connectivity index (χ1) is 16.7. The Labute approximate surface area is 215 Å². The number of ether oxygens (including phenoxy) is 1. The molecule has 2 aromatic rings. The molecule has 2 amide bonds. The van der Waals surface area contributed by atoms with E-state index in [1.807, 2.05) is 4.90 Å². The summed E-state index contributed by atoms with van der Waals surface area (Å²) < 4.78 is 19.3. The number of rotatable bonds is 6. The van der Waals surface area contributed by atoms with Gasteiger partial charge in [-0.2, -0.15) is 0 Å². The summed E-state index contributed by atoms with van der Waals surface area (Å²) >= 11 is 12.1. The largest absolute Gasteiger partial charge is 0.493 e. The fourth-order valence-electron chi connectivity index (χ4n) is 4.62. The molecule has 6 nitrogen and oxygen atoms in total. The third-order valence-electron chi connectivity index (χ3n) is 7.02. The lowest BCUT2D eigenvalue weighted by Gasteiger charge is -2.42. The number of carbonyl (C=O) groups is 2. The van der Waals surface area contributed by atoms with Gasteiger partial charge >= 0.3 is 0 Å². The Morgan fingerprint density at radius 1 is 0.914 bits per heavy atom. The first-order valence-corrected chi connectivity index (χ1v) is 12.6. The second kappa shape index (κ2) is 11.1. The van der Waals surface area contributed by atoms with Crippen molar-refractivity contribution in [1.29, 1.82) is 0 Å². The van der Waals surface area contributed by atoms with Crippen LogP contribution in [0.3, 0.4) is 0 Å². The minimum absolute atomic E-state index is 0.109. The van der Waals surface area contributed by atoms with Crippen LogP contribution in [0.15, 0.2) is 42.5 Å². The van der Waals surface area contributed by atoms with Crippen LogP contribution in [0.5, 0.6) is 5.75 Å². The molecule has 0 bridgehead atoms. The van der Waals surface area contributed by atoms with Crippen LogP contribution in [0.1, 0.15) is 29.6 Å². The van der Waals surface area contributed by atoms with Crippen LogP contribution in [-0.2, 0) is 4.79 Å². The summed E-state index contributed by atoms with van der Waals surface area (Å²) in [6.45, 7) is 4.47. The van der Waals surface area contributed by atoms with Crippen LogP contribution in [0.2, 0.25) is 10.0 Å². The molecule has 188 valence electrons. The minimum atomic E-state index is -0.413. The average Bonchev–Trinajstić information content (AvgIpc) is 2.86. The summed E-state index contributed by atoms with van der Waals surface area (Å²) in [6, 6.07) is 10.8. The van der Waals surface area contributed by atoms with Gasteiger partial charge in [0.1, 0.15) is 11.6 Å². The first kappa shape index (κ1) is 25.7. The van der Waals surface area contributed by atoms with Crippen molar-refractivity contribution < 1.29 is 18.7 Å². The van der Waals surface area contributed by atoms with Crippen LogP contribution in [-0.4, -0.2) is 79.4 Å². The van der Waals surface area contributed by atoms with E-state index < -0.39 is 5.41 Å². The molecule has 0 saturated carbocycles. The topological polar surface area (TPSA) is 53.1 Å². The van der Waals surface area contributed by atoms with Crippen LogP contribution in [0, 0.1) is 11.2 Å². The van der Waals surface area contributed by atoms with E-state index in [-0.39, 0.29) is 17.6 Å². The zero-order chi connectivity index (χ0) is 25.0. The Morgan fingerprint density at radius 2 is 1.57 bits per heavy atom. The van der Waals surface area contributed by atoms with Crippen molar-refractivity contribution in [2.45, 2.75) is 19.3 Å². The molecule has 2 aliphatic rings. The van der Waals surface area contributed by atoms with E-state index in [4.69, 9.17) is 27.9 Å². The lowest BCUT2D eigenvalue weighted by atomic mass is 9.75. The number of piperidine rings is 1. The van der Waals surface area contributed by atoms with Gasteiger partial charge in [-0.1, -0.05) is 23.2 Å². The van der Waals surface area contributed by atoms with Crippen molar-refractivity contribution in [3.8, 4) is 5.75 Å². The summed E-state index contributed by atoms with van der Waals surface area (Å²) in [5, 5.41) is 0.746. The van der Waals surface area contributed by atoms with Gasteiger partial charge in [0, 0.05) is 56.7 Å². The fourth-order valence-corrected chi connectivity index (χ4v) is 4.92. The third kappa shape index (κ3) is 6.46. The molecule has 0 N–H and O–H groups in total. The molecule has 0 aliphatic carbocycles. The van der Waals surface area contributed by atoms with Gasteiger partial charge in [0.2, 0.25) is 5.91 Å². The third-order valence-corrected chi connectivity index (χ3v) is 7.76. The Hall–Kier alpha value is -2.35. The van der Waals surface area contributed by atoms with Crippen molar-refractivity contribution >= 4 is 35.0 Å². The monoisotopic (exact) mass is 521 g/mol. The van der Waals surface area contributed by atoms with Gasteiger partial charge in [-0.05, 0) is 62.4 Å². The Morgan fingerprint density at radius 3 is 2.20 bits per heavy atom. The van der Waals surface area contributed by atoms with Crippen molar-refractivity contribution in [1.82, 2.24) is 14.7 Å². The standard InChI is InChI=1S/C26H30Cl2FN3O3/c1-30-12-14-31(15-13-30)24(33)17-26(18-35-21-5-3-20(29)4-6-21)8-10-32(11-9-26)25(34)19-2-7-22(27)23(28)16-19/h2-7,16H,8-15,17-18H2,1H3. The summed E-state index contributed by atoms with van der Waals surface area (Å²) in [5.74, 6) is 0.241. The van der Waals surface area contributed by atoms with E-state index in [0.717, 1.165) is 13.1 Å². The molecular formula is C26H30Cl2FN3O3. The molecular weight excluding hydrogens is 492 g/mol. The molecule has 2 saturated heterocycles. The first-order valence-electron chi connectivity index (χ1n) is 11.8. The molecule has 9 heteroatoms. The van der Waals surface area contributed by atoms with Gasteiger partial charge in [0.05, 0.1) is 16.7 Å². The van der Waals surface area contributed by atoms with Crippen molar-refractivity contribution in [3.63, 3.8) is 0 Å². The number of amides is 2. The number of likely N-dealkylation sites (N-methyl/N-ethyl adjacent to an activating group) is 1. The second-order valence-electron chi connectivity index (χ2n) is 9.52. The minimum Gasteiger partial charge on any atom is -0.493 e. The molecule has 2 heterocycles. The van der Waals surface area contributed by atoms with E-state index in [1.54, 1.807) is 35.2 Å². The summed E-state index contributed by atoms with van der Waals surface area (Å²) in [6.07, 6.45) is 1.61. The average molecular weight is 522 g/mol. The van der Waals surface area contributed by atoms with Gasteiger partial charge in [-0.15, -0.1) is 0 Å². The van der Waals surface area contributed by atoms with E-state index in [2.05, 4.69) is 11.9 Å². The van der Waals surface area contributed by atoms with Gasteiger partial charge < -0.3 is 19.4 Å². The highest BCUT2D eigenvalue weighted by atomic mass is 35.5. The van der Waals surface area contributed by atoms with Gasteiger partial charge in [-0.25, -0.2) is 4.39 Å². The molecule has 0 unspecified atom stereocenters. The quantitative estimate of drug-likeness (QED) is 0.557. The Bertz CT molecular complexity index is 1050. The molecule has 0 atom stereocenters. The van der Waals surface area contributed by atoms with Gasteiger partial charge in [0.15, 0.2) is 0 Å². The SMILES string of the molecule is CN1CCN(C(=O)CC2(COc3ccc(F)cc3)CCN(C(=O)c3ccc(Cl)c(Cl)c3)CC2)CC1. The highest BCUT2D eigenvalue weighted by molar-refractivity contribution is 6.42. The number of piperazine rings is 1. The van der Waals surface area contributed by atoms with Gasteiger partial charge in [-0.3, -0.25) is 9.59 Å². The number of nitrogens with zero attached hydrogens (tertiary/aromatic N) is 3. The molecule has 35 heavy (non-hydrogen) atoms. The zero-order valence-electron chi connectivity index (χ0n) is 19.8. The maximum atomic E-state index is 13.3. The zero-order valence-corrected chi connectivity index (χ0v) is 21.3. The summed E-state index contributed by atoms with van der Waals surface area (Å²) in [5.41, 5.74) is 0.0754. The fraction of sp³-hybridized carbons (Fsp3) is 0.462. The molecule has 0 aromatic heterocycles. The van der Waals surface area contributed by atoms with Crippen LogP contribution < -0.4 is 4.74 Å². The number of benzene rings is 2. The summed E-state index contributed by atoms with van der Waals surface area (Å²) in [4.78, 5) is 32.2. The lowest BCUT2D eigenvalue weighted by Crippen LogP contribution is -2.51. The highest BCUT2D eigenvalue weighted by Gasteiger charge is 2.40. The Kier molecular flexibility index (Phi) is 8.19. The van der Waals surface area contributed by atoms with Crippen molar-refractivity contribution in [2.75, 3.05) is 52.9 Å². The highest BCUT2D eigenvalue weighted by Crippen LogP contribution is 2.37. The molecule has 0 radical (unpaired) electrons. The number of hydrogen-bond acceptors (Lipinski definition) is 4. The van der Waals surface area contributed by atoms with Crippen LogP contribution in [0.4, 0.5) is 4.39 Å². The van der Waals surface area contributed by atoms with Crippen LogP contribution in [0.25, 0.3) is 0 Å². The number of hydrogen-bond donors (Lipinski definition) is 0. The summed E-state index contributed by atoms with van der Waals surface area (Å²) in [7, 11) is 2.06. The van der Waals surface area contributed by atoms with E-state index in [9.17, 15) is 14.0 Å². The molecule has 2 fully saturated rings.